The van der Waals surface area contributed by atoms with Gasteiger partial charge in [-0.2, -0.15) is 0 Å². The summed E-state index contributed by atoms with van der Waals surface area (Å²) in [4.78, 5) is 0. The van der Waals surface area contributed by atoms with Crippen LogP contribution in [-0.2, 0) is 4.74 Å². The lowest BCUT2D eigenvalue weighted by Crippen LogP contribution is -2.16. The van der Waals surface area contributed by atoms with Crippen molar-refractivity contribution in [3.8, 4) is 11.5 Å². The molecule has 1 heterocycles. The van der Waals surface area contributed by atoms with E-state index in [0.29, 0.717) is 12.4 Å². The third kappa shape index (κ3) is 2.94. The van der Waals surface area contributed by atoms with Crippen LogP contribution in [0.15, 0.2) is 18.2 Å². The number of aliphatic hydroxyl groups excluding tert-OH is 1. The van der Waals surface area contributed by atoms with Gasteiger partial charge in [0.1, 0.15) is 6.10 Å². The molecule has 1 aromatic rings. The average molecular weight is 252 g/mol. The predicted octanol–water partition coefficient (Wildman–Crippen LogP) is 1.96. The number of hydrogen-bond acceptors (Lipinski definition) is 4. The maximum Gasteiger partial charge on any atom is 0.161 e. The molecule has 0 aliphatic carbocycles. The fourth-order valence-electron chi connectivity index (χ4n) is 1.98. The molecule has 2 rings (SSSR count). The smallest absolute Gasteiger partial charge is 0.161 e. The van der Waals surface area contributed by atoms with Crippen molar-refractivity contribution >= 4 is 0 Å². The van der Waals surface area contributed by atoms with Gasteiger partial charge >= 0.3 is 0 Å². The minimum Gasteiger partial charge on any atom is -0.493 e. The molecule has 1 fully saturated rings. The van der Waals surface area contributed by atoms with Crippen LogP contribution in [0.4, 0.5) is 0 Å². The van der Waals surface area contributed by atoms with Crippen LogP contribution >= 0.6 is 0 Å². The van der Waals surface area contributed by atoms with Gasteiger partial charge in [-0.25, -0.2) is 0 Å². The van der Waals surface area contributed by atoms with Gasteiger partial charge in [-0.15, -0.1) is 0 Å². The second kappa shape index (κ2) is 6.07. The molecule has 0 saturated carbocycles. The van der Waals surface area contributed by atoms with E-state index in [9.17, 15) is 0 Å². The van der Waals surface area contributed by atoms with Gasteiger partial charge in [0.25, 0.3) is 0 Å². The van der Waals surface area contributed by atoms with Gasteiger partial charge in [0.2, 0.25) is 0 Å². The monoisotopic (exact) mass is 252 g/mol. The van der Waals surface area contributed by atoms with E-state index in [1.54, 1.807) is 7.11 Å². The van der Waals surface area contributed by atoms with Gasteiger partial charge in [0, 0.05) is 18.9 Å². The van der Waals surface area contributed by atoms with Crippen molar-refractivity contribution < 1.29 is 19.3 Å². The number of rotatable bonds is 5. The Labute approximate surface area is 107 Å². The Balaban J connectivity index is 2.14. The molecule has 0 spiro atoms. The van der Waals surface area contributed by atoms with Crippen molar-refractivity contribution in [1.82, 2.24) is 0 Å². The van der Waals surface area contributed by atoms with Crippen LogP contribution < -0.4 is 9.47 Å². The van der Waals surface area contributed by atoms with Gasteiger partial charge in [-0.05, 0) is 17.7 Å². The van der Waals surface area contributed by atoms with E-state index in [4.69, 9.17) is 19.3 Å². The zero-order valence-electron chi connectivity index (χ0n) is 10.9. The Bertz CT molecular complexity index is 385. The normalized spacial score (nSPS) is 20.7. The molecule has 1 saturated heterocycles. The molecule has 1 aliphatic heterocycles. The highest BCUT2D eigenvalue weighted by molar-refractivity contribution is 5.44. The fraction of sp³-hybridized carbons (Fsp3) is 0.571. The second-order valence-corrected chi connectivity index (χ2v) is 4.60. The highest BCUT2D eigenvalue weighted by Gasteiger charge is 2.19. The van der Waals surface area contributed by atoms with Crippen LogP contribution in [0.1, 0.15) is 24.8 Å². The van der Waals surface area contributed by atoms with Crippen LogP contribution in [0.2, 0.25) is 0 Å². The van der Waals surface area contributed by atoms with Gasteiger partial charge in [-0.3, -0.25) is 0 Å². The first-order valence-corrected chi connectivity index (χ1v) is 6.27. The van der Waals surface area contributed by atoms with Crippen molar-refractivity contribution in [2.75, 3.05) is 26.9 Å². The van der Waals surface area contributed by atoms with Crippen LogP contribution in [0.25, 0.3) is 0 Å². The fourth-order valence-corrected chi connectivity index (χ4v) is 1.98. The number of aliphatic hydroxyl groups is 1. The quantitative estimate of drug-likeness (QED) is 0.870. The third-order valence-electron chi connectivity index (χ3n) is 3.21. The highest BCUT2D eigenvalue weighted by Crippen LogP contribution is 2.32. The molecule has 18 heavy (non-hydrogen) atoms. The third-order valence-corrected chi connectivity index (χ3v) is 3.21. The average Bonchev–Trinajstić information content (AvgIpc) is 2.91. The first-order chi connectivity index (χ1) is 8.74. The first-order valence-electron chi connectivity index (χ1n) is 6.27. The molecule has 0 bridgehead atoms. The minimum atomic E-state index is 0.0998. The summed E-state index contributed by atoms with van der Waals surface area (Å²) in [6.45, 7) is 3.49. The van der Waals surface area contributed by atoms with E-state index in [1.807, 2.05) is 25.1 Å². The Morgan fingerprint density at radius 3 is 2.89 bits per heavy atom. The topological polar surface area (TPSA) is 47.9 Å². The lowest BCUT2D eigenvalue weighted by Gasteiger charge is -2.17. The summed E-state index contributed by atoms with van der Waals surface area (Å²) in [6, 6.07) is 5.79. The summed E-state index contributed by atoms with van der Waals surface area (Å²) < 4.78 is 16.5. The maximum absolute atomic E-state index is 9.16. The lowest BCUT2D eigenvalue weighted by molar-refractivity contribution is 0.138. The molecule has 2 atom stereocenters. The number of ether oxygens (including phenoxy) is 3. The van der Waals surface area contributed by atoms with Crippen LogP contribution in [0.5, 0.6) is 11.5 Å². The molecule has 4 nitrogen and oxygen atoms in total. The Morgan fingerprint density at radius 1 is 1.44 bits per heavy atom. The van der Waals surface area contributed by atoms with E-state index in [1.165, 1.54) is 0 Å². The van der Waals surface area contributed by atoms with Gasteiger partial charge in [-0.1, -0.05) is 13.0 Å². The largest absolute Gasteiger partial charge is 0.493 e. The van der Waals surface area contributed by atoms with Gasteiger partial charge in [0.15, 0.2) is 11.5 Å². The molecular formula is C14H20O4. The number of benzene rings is 1. The summed E-state index contributed by atoms with van der Waals surface area (Å²) in [5, 5.41) is 9.16. The Hall–Kier alpha value is -1.26. The van der Waals surface area contributed by atoms with Gasteiger partial charge < -0.3 is 19.3 Å². The molecule has 0 amide bonds. The molecule has 1 N–H and O–H groups in total. The molecule has 1 aromatic carbocycles. The molecule has 100 valence electrons. The second-order valence-electron chi connectivity index (χ2n) is 4.60. The maximum atomic E-state index is 9.16. The standard InChI is InChI=1S/C14H20O4/c1-10(8-15)11-3-4-13(14(7-11)16-2)18-12-5-6-17-9-12/h3-4,7,10,12,15H,5-6,8-9H2,1-2H3. The SMILES string of the molecule is COc1cc(C(C)CO)ccc1OC1CCOC1. The van der Waals surface area contributed by atoms with Crippen molar-refractivity contribution in [3.63, 3.8) is 0 Å². The summed E-state index contributed by atoms with van der Waals surface area (Å²) >= 11 is 0. The predicted molar refractivity (Wildman–Crippen MR) is 68.3 cm³/mol. The minimum absolute atomic E-state index is 0.0998. The van der Waals surface area contributed by atoms with E-state index in [2.05, 4.69) is 0 Å². The molecule has 2 unspecified atom stereocenters. The molecule has 0 radical (unpaired) electrons. The highest BCUT2D eigenvalue weighted by atomic mass is 16.6. The molecule has 0 aromatic heterocycles. The zero-order chi connectivity index (χ0) is 13.0. The van der Waals surface area contributed by atoms with Crippen LogP contribution in [0.3, 0.4) is 0 Å². The lowest BCUT2D eigenvalue weighted by atomic mass is 10.0. The summed E-state index contributed by atoms with van der Waals surface area (Å²) in [5.74, 6) is 1.55. The Kier molecular flexibility index (Phi) is 4.44. The van der Waals surface area contributed by atoms with Crippen LogP contribution in [0, 0.1) is 0 Å². The molecular weight excluding hydrogens is 232 g/mol. The Morgan fingerprint density at radius 2 is 2.28 bits per heavy atom. The van der Waals surface area contributed by atoms with Crippen molar-refractivity contribution in [2.45, 2.75) is 25.4 Å². The summed E-state index contributed by atoms with van der Waals surface area (Å²) in [7, 11) is 1.63. The molecule has 4 heteroatoms. The van der Waals surface area contributed by atoms with Crippen LogP contribution in [-0.4, -0.2) is 38.1 Å². The van der Waals surface area contributed by atoms with E-state index >= 15 is 0 Å². The van der Waals surface area contributed by atoms with E-state index in [-0.39, 0.29) is 18.6 Å². The summed E-state index contributed by atoms with van der Waals surface area (Å²) in [5.41, 5.74) is 1.05. The number of methoxy groups -OCH3 is 1. The van der Waals surface area contributed by atoms with E-state index in [0.717, 1.165) is 24.3 Å². The van der Waals surface area contributed by atoms with Crippen molar-refractivity contribution in [1.29, 1.82) is 0 Å². The van der Waals surface area contributed by atoms with Crippen molar-refractivity contribution in [3.05, 3.63) is 23.8 Å². The van der Waals surface area contributed by atoms with Crippen molar-refractivity contribution in [2.24, 2.45) is 0 Å². The number of hydrogen-bond donors (Lipinski definition) is 1. The van der Waals surface area contributed by atoms with Gasteiger partial charge in [0.05, 0.1) is 20.3 Å². The summed E-state index contributed by atoms with van der Waals surface area (Å²) in [6.07, 6.45) is 1.03. The first kappa shape index (κ1) is 13.2. The molecule has 1 aliphatic rings. The zero-order valence-corrected chi connectivity index (χ0v) is 10.9. The van der Waals surface area contributed by atoms with E-state index < -0.39 is 0 Å².